The molecule has 0 bridgehead atoms. The molecule has 0 aliphatic carbocycles. The number of benzene rings is 2. The summed E-state index contributed by atoms with van der Waals surface area (Å²) in [5.74, 6) is -0.630. The van der Waals surface area contributed by atoms with Crippen molar-refractivity contribution in [1.29, 1.82) is 0 Å². The van der Waals surface area contributed by atoms with Gasteiger partial charge in [-0.05, 0) is 22.6 Å². The fourth-order valence-corrected chi connectivity index (χ4v) is 4.49. The average molecular weight is 522 g/mol. The Morgan fingerprint density at radius 2 is 1.63 bits per heavy atom. The molecule has 0 radical (unpaired) electrons. The number of aromatic nitrogens is 2. The van der Waals surface area contributed by atoms with E-state index in [-0.39, 0.29) is 43.6 Å². The van der Waals surface area contributed by atoms with Crippen LogP contribution in [-0.4, -0.2) is 51.6 Å². The number of carbonyl (C=O) groups excluding carboxylic acids is 3. The third-order valence-corrected chi connectivity index (χ3v) is 6.53. The van der Waals surface area contributed by atoms with Crippen LogP contribution in [0, 0.1) is 0 Å². The first-order valence-electron chi connectivity index (χ1n) is 12.7. The molecule has 200 valence electrons. The van der Waals surface area contributed by atoms with Gasteiger partial charge in [0.15, 0.2) is 0 Å². The van der Waals surface area contributed by atoms with E-state index < -0.39 is 30.1 Å². The van der Waals surface area contributed by atoms with Gasteiger partial charge in [-0.15, -0.1) is 10.2 Å². The van der Waals surface area contributed by atoms with Crippen molar-refractivity contribution in [3.63, 3.8) is 0 Å². The molecule has 1 saturated heterocycles. The monoisotopic (exact) mass is 521 g/mol. The van der Waals surface area contributed by atoms with E-state index in [9.17, 15) is 18.8 Å². The normalized spacial score (nSPS) is 17.9. The summed E-state index contributed by atoms with van der Waals surface area (Å²) in [5.41, 5.74) is 2.95. The topological polar surface area (TPSA) is 117 Å². The smallest absolute Gasteiger partial charge is 0.243 e. The first-order valence-corrected chi connectivity index (χ1v) is 12.7. The van der Waals surface area contributed by atoms with Crippen LogP contribution in [-0.2, 0) is 27.3 Å². The molecule has 9 nitrogen and oxygen atoms in total. The van der Waals surface area contributed by atoms with Crippen LogP contribution in [0.5, 0.6) is 0 Å². The van der Waals surface area contributed by atoms with Crippen LogP contribution >= 0.6 is 0 Å². The summed E-state index contributed by atoms with van der Waals surface area (Å²) in [6.07, 6.45) is -1.70. The summed E-state index contributed by atoms with van der Waals surface area (Å²) >= 11 is 0. The summed E-state index contributed by atoms with van der Waals surface area (Å²) in [4.78, 5) is 38.8. The molecule has 0 saturated carbocycles. The van der Waals surface area contributed by atoms with Gasteiger partial charge in [0.25, 0.3) is 0 Å². The quantitative estimate of drug-likeness (QED) is 0.447. The third kappa shape index (κ3) is 6.62. The van der Waals surface area contributed by atoms with E-state index in [4.69, 9.17) is 4.42 Å². The first kappa shape index (κ1) is 27.0. The number of hydrogen-bond donors (Lipinski definition) is 2. The number of amides is 3. The van der Waals surface area contributed by atoms with Gasteiger partial charge in [-0.1, -0.05) is 68.4 Å². The second-order valence-corrected chi connectivity index (χ2v) is 9.74. The fourth-order valence-electron chi connectivity index (χ4n) is 4.49. The zero-order chi connectivity index (χ0) is 27.2. The van der Waals surface area contributed by atoms with Crippen molar-refractivity contribution in [1.82, 2.24) is 25.7 Å². The summed E-state index contributed by atoms with van der Waals surface area (Å²) in [6, 6.07) is 16.1. The second kappa shape index (κ2) is 12.0. The van der Waals surface area contributed by atoms with E-state index in [0.29, 0.717) is 5.92 Å². The van der Waals surface area contributed by atoms with Gasteiger partial charge in [0.2, 0.25) is 29.5 Å². The molecule has 3 amide bonds. The van der Waals surface area contributed by atoms with Crippen molar-refractivity contribution in [2.45, 2.75) is 64.3 Å². The fraction of sp³-hybridized carbons (Fsp3) is 0.393. The lowest BCUT2D eigenvalue weighted by molar-refractivity contribution is -0.138. The van der Waals surface area contributed by atoms with E-state index in [1.165, 1.54) is 17.4 Å². The lowest BCUT2D eigenvalue weighted by atomic mass is 9.95. The van der Waals surface area contributed by atoms with E-state index in [0.717, 1.165) is 11.1 Å². The van der Waals surface area contributed by atoms with E-state index in [1.54, 1.807) is 0 Å². The molecule has 2 aromatic carbocycles. The van der Waals surface area contributed by atoms with E-state index >= 15 is 0 Å². The number of hydrogen-bond acceptors (Lipinski definition) is 6. The molecule has 2 heterocycles. The molecule has 3 atom stereocenters. The predicted octanol–water partition coefficient (Wildman–Crippen LogP) is 3.22. The minimum absolute atomic E-state index is 0.0317. The Morgan fingerprint density at radius 1 is 1.00 bits per heavy atom. The standard InChI is InChI=1S/C28H32FN5O4/c1-17(2)19-9-11-21(12-10-19)27(20-7-5-4-6-8-20)31-28(37)23-13-22(29)16-34(23)26(36)14-24-32-33-25(38-24)15-30-18(3)35/h4-12,17,22-23,27H,13-16H2,1-3H3,(H,30,35)(H,31,37)/t22-,23+,27+/m1/s1. The molecule has 1 aromatic heterocycles. The molecule has 0 spiro atoms. The summed E-state index contributed by atoms with van der Waals surface area (Å²) < 4.78 is 19.9. The van der Waals surface area contributed by atoms with Gasteiger partial charge in [0, 0.05) is 13.3 Å². The number of rotatable bonds is 9. The van der Waals surface area contributed by atoms with Gasteiger partial charge < -0.3 is 20.0 Å². The van der Waals surface area contributed by atoms with Gasteiger partial charge in [0.1, 0.15) is 18.6 Å². The van der Waals surface area contributed by atoms with Crippen molar-refractivity contribution < 1.29 is 23.2 Å². The van der Waals surface area contributed by atoms with Crippen LogP contribution in [0.4, 0.5) is 4.39 Å². The molecular weight excluding hydrogens is 489 g/mol. The maximum absolute atomic E-state index is 14.5. The molecule has 1 aliphatic rings. The van der Waals surface area contributed by atoms with Crippen LogP contribution < -0.4 is 10.6 Å². The number of halogens is 1. The number of nitrogens with zero attached hydrogens (tertiary/aromatic N) is 3. The zero-order valence-corrected chi connectivity index (χ0v) is 21.7. The van der Waals surface area contributed by atoms with Gasteiger partial charge in [0.05, 0.1) is 19.1 Å². The van der Waals surface area contributed by atoms with Crippen LogP contribution in [0.1, 0.15) is 67.6 Å². The van der Waals surface area contributed by atoms with Crippen LogP contribution in [0.25, 0.3) is 0 Å². The molecule has 1 fully saturated rings. The van der Waals surface area contributed by atoms with Crippen LogP contribution in [0.3, 0.4) is 0 Å². The number of likely N-dealkylation sites (tertiary alicyclic amines) is 1. The average Bonchev–Trinajstić information content (AvgIpc) is 3.52. The third-order valence-electron chi connectivity index (χ3n) is 6.53. The highest BCUT2D eigenvalue weighted by atomic mass is 19.1. The maximum atomic E-state index is 14.5. The van der Waals surface area contributed by atoms with Gasteiger partial charge in [-0.25, -0.2) is 4.39 Å². The van der Waals surface area contributed by atoms with Crippen molar-refractivity contribution in [2.75, 3.05) is 6.54 Å². The predicted molar refractivity (Wildman–Crippen MR) is 137 cm³/mol. The molecule has 38 heavy (non-hydrogen) atoms. The Morgan fingerprint density at radius 3 is 2.29 bits per heavy atom. The highest BCUT2D eigenvalue weighted by molar-refractivity contribution is 5.89. The molecule has 10 heteroatoms. The molecular formula is C28H32FN5O4. The Balaban J connectivity index is 1.49. The molecule has 2 N–H and O–H groups in total. The first-order chi connectivity index (χ1) is 18.2. The van der Waals surface area contributed by atoms with Crippen molar-refractivity contribution in [3.05, 3.63) is 83.1 Å². The number of nitrogens with one attached hydrogen (secondary N) is 2. The van der Waals surface area contributed by atoms with Gasteiger partial charge >= 0.3 is 0 Å². The lowest BCUT2D eigenvalue weighted by Crippen LogP contribution is -2.47. The Bertz CT molecular complexity index is 1260. The van der Waals surface area contributed by atoms with Crippen molar-refractivity contribution in [3.8, 4) is 0 Å². The lowest BCUT2D eigenvalue weighted by Gasteiger charge is -2.27. The highest BCUT2D eigenvalue weighted by Crippen LogP contribution is 2.27. The zero-order valence-electron chi connectivity index (χ0n) is 21.7. The van der Waals surface area contributed by atoms with Crippen molar-refractivity contribution >= 4 is 17.7 Å². The maximum Gasteiger partial charge on any atom is 0.243 e. The van der Waals surface area contributed by atoms with Crippen LogP contribution in [0.15, 0.2) is 59.0 Å². The van der Waals surface area contributed by atoms with Gasteiger partial charge in [-0.3, -0.25) is 14.4 Å². The Kier molecular flexibility index (Phi) is 8.50. The molecule has 1 aliphatic heterocycles. The second-order valence-electron chi connectivity index (χ2n) is 9.74. The molecule has 0 unspecified atom stereocenters. The minimum Gasteiger partial charge on any atom is -0.423 e. The highest BCUT2D eigenvalue weighted by Gasteiger charge is 2.40. The largest absolute Gasteiger partial charge is 0.423 e. The number of alkyl halides is 1. The van der Waals surface area contributed by atoms with Crippen molar-refractivity contribution in [2.24, 2.45) is 0 Å². The Hall–Kier alpha value is -4.08. The SMILES string of the molecule is CC(=O)NCc1nnc(CC(=O)N2C[C@H](F)C[C@H]2C(=O)N[C@@H](c2ccccc2)c2ccc(C(C)C)cc2)o1. The van der Waals surface area contributed by atoms with Crippen LogP contribution in [0.2, 0.25) is 0 Å². The molecule has 4 rings (SSSR count). The van der Waals surface area contributed by atoms with Gasteiger partial charge in [-0.2, -0.15) is 0 Å². The summed E-state index contributed by atoms with van der Waals surface area (Å²) in [5, 5.41) is 13.2. The molecule has 3 aromatic rings. The summed E-state index contributed by atoms with van der Waals surface area (Å²) in [7, 11) is 0. The summed E-state index contributed by atoms with van der Waals surface area (Å²) in [6.45, 7) is 5.43. The van der Waals surface area contributed by atoms with E-state index in [1.807, 2.05) is 54.6 Å². The van der Waals surface area contributed by atoms with E-state index in [2.05, 4.69) is 34.7 Å². The minimum atomic E-state index is -1.33. The Labute approximate surface area is 220 Å². The number of carbonyl (C=O) groups is 3.